The molecule has 0 aliphatic carbocycles. The van der Waals surface area contributed by atoms with Gasteiger partial charge in [-0.2, -0.15) is 5.10 Å². The van der Waals surface area contributed by atoms with E-state index >= 15 is 0 Å². The molecule has 1 aliphatic heterocycles. The number of nitrogens with zero attached hydrogens (tertiary/aromatic N) is 2. The van der Waals surface area contributed by atoms with Crippen molar-refractivity contribution in [2.24, 2.45) is 5.10 Å². The zero-order valence-electron chi connectivity index (χ0n) is 15.4. The smallest absolute Gasteiger partial charge is 0.298 e. The number of hydrogen-bond donors (Lipinski definition) is 1. The summed E-state index contributed by atoms with van der Waals surface area (Å²) >= 11 is 5.99. The topological polar surface area (TPSA) is 75.6 Å². The van der Waals surface area contributed by atoms with Gasteiger partial charge in [-0.05, 0) is 48.9 Å². The summed E-state index contributed by atoms with van der Waals surface area (Å²) in [6, 6.07) is 14.7. The highest BCUT2D eigenvalue weighted by Gasteiger charge is 2.35. The van der Waals surface area contributed by atoms with Crippen molar-refractivity contribution in [3.63, 3.8) is 0 Å². The van der Waals surface area contributed by atoms with Crippen LogP contribution in [0.15, 0.2) is 75.0 Å². The molecular weight excluding hydrogens is 378 g/mol. The van der Waals surface area contributed by atoms with Gasteiger partial charge in [-0.25, -0.2) is 5.01 Å². The van der Waals surface area contributed by atoms with Crippen LogP contribution in [0.1, 0.15) is 42.5 Å². The monoisotopic (exact) mass is 398 g/mol. The van der Waals surface area contributed by atoms with E-state index in [4.69, 9.17) is 20.4 Å². The zero-order valence-corrected chi connectivity index (χ0v) is 16.2. The van der Waals surface area contributed by atoms with Gasteiger partial charge in [0.05, 0.1) is 18.2 Å². The number of carbonyl (C=O) groups excluding carboxylic acids is 1. The van der Waals surface area contributed by atoms with Crippen LogP contribution in [-0.2, 0) is 4.79 Å². The molecule has 0 unspecified atom stereocenters. The normalized spacial score (nSPS) is 17.6. The van der Waals surface area contributed by atoms with Crippen LogP contribution >= 0.6 is 11.6 Å². The van der Waals surface area contributed by atoms with Gasteiger partial charge in [0.25, 0.3) is 5.91 Å². The number of hydrazone groups is 1. The van der Waals surface area contributed by atoms with Gasteiger partial charge in [0.15, 0.2) is 12.3 Å². The molecule has 2 N–H and O–H groups in total. The van der Waals surface area contributed by atoms with Crippen molar-refractivity contribution in [3.05, 3.63) is 83.2 Å². The molecule has 2 atom stereocenters. The van der Waals surface area contributed by atoms with Crippen molar-refractivity contribution in [1.29, 1.82) is 0 Å². The van der Waals surface area contributed by atoms with E-state index in [9.17, 15) is 4.79 Å². The Morgan fingerprint density at radius 2 is 1.96 bits per heavy atom. The van der Waals surface area contributed by atoms with E-state index < -0.39 is 0 Å². The Morgan fingerprint density at radius 1 is 1.21 bits per heavy atom. The highest BCUT2D eigenvalue weighted by Crippen LogP contribution is 2.33. The molecule has 1 amide bonds. The molecule has 28 heavy (non-hydrogen) atoms. The molecule has 2 aromatic heterocycles. The van der Waals surface area contributed by atoms with E-state index in [1.54, 1.807) is 12.5 Å². The first kappa shape index (κ1) is 18.5. The second kappa shape index (κ2) is 8.04. The zero-order chi connectivity index (χ0) is 19.5. The molecule has 0 saturated heterocycles. The Morgan fingerprint density at radius 3 is 2.64 bits per heavy atom. The van der Waals surface area contributed by atoms with Gasteiger partial charge in [0.1, 0.15) is 17.8 Å². The van der Waals surface area contributed by atoms with Crippen LogP contribution in [0.2, 0.25) is 5.02 Å². The summed E-state index contributed by atoms with van der Waals surface area (Å²) in [5, 5.41) is 8.76. The quantitative estimate of drug-likeness (QED) is 0.690. The fourth-order valence-electron chi connectivity index (χ4n) is 3.30. The lowest BCUT2D eigenvalue weighted by Crippen LogP contribution is -2.86. The van der Waals surface area contributed by atoms with Crippen molar-refractivity contribution in [2.75, 3.05) is 6.54 Å². The van der Waals surface area contributed by atoms with Crippen molar-refractivity contribution in [1.82, 2.24) is 5.01 Å². The molecule has 1 aliphatic rings. The van der Waals surface area contributed by atoms with Gasteiger partial charge < -0.3 is 14.2 Å². The molecule has 0 bridgehead atoms. The second-order valence-corrected chi connectivity index (χ2v) is 7.21. The van der Waals surface area contributed by atoms with Crippen LogP contribution in [-0.4, -0.2) is 23.2 Å². The first-order valence-corrected chi connectivity index (χ1v) is 9.55. The maximum Gasteiger partial charge on any atom is 0.298 e. The number of quaternary nitrogens is 1. The molecule has 1 aromatic carbocycles. The minimum absolute atomic E-state index is 0.0448. The number of halogens is 1. The maximum absolute atomic E-state index is 13.0. The van der Waals surface area contributed by atoms with Gasteiger partial charge in [-0.15, -0.1) is 0 Å². The van der Waals surface area contributed by atoms with Crippen LogP contribution in [0, 0.1) is 0 Å². The van der Waals surface area contributed by atoms with Gasteiger partial charge >= 0.3 is 0 Å². The maximum atomic E-state index is 13.0. The van der Waals surface area contributed by atoms with Gasteiger partial charge in [-0.3, -0.25) is 4.79 Å². The Hall–Kier alpha value is -2.83. The number of nitrogens with two attached hydrogens (primary N) is 1. The standard InChI is InChI=1S/C21H20ClN3O3/c1-14(19-4-2-10-27-19)23-13-21(26)25-18(20-5-3-11-28-20)12-17(24-25)15-6-8-16(22)9-7-15/h2-11,14,18,23H,12-13H2,1H3/p+1/t14-,18+/m1/s1. The summed E-state index contributed by atoms with van der Waals surface area (Å²) in [7, 11) is 0. The molecule has 3 aromatic rings. The number of furan rings is 2. The van der Waals surface area contributed by atoms with E-state index in [1.165, 1.54) is 5.01 Å². The summed E-state index contributed by atoms with van der Waals surface area (Å²) in [6.07, 6.45) is 3.84. The number of rotatable bonds is 6. The molecule has 0 saturated carbocycles. The minimum Gasteiger partial charge on any atom is -0.467 e. The van der Waals surface area contributed by atoms with E-state index in [0.717, 1.165) is 22.8 Å². The lowest BCUT2D eigenvalue weighted by molar-refractivity contribution is -0.685. The lowest BCUT2D eigenvalue weighted by atomic mass is 10.0. The third-order valence-electron chi connectivity index (χ3n) is 4.85. The van der Waals surface area contributed by atoms with Gasteiger partial charge in [-0.1, -0.05) is 23.7 Å². The van der Waals surface area contributed by atoms with Crippen molar-refractivity contribution in [3.8, 4) is 0 Å². The minimum atomic E-state index is -0.250. The highest BCUT2D eigenvalue weighted by atomic mass is 35.5. The Kier molecular flexibility index (Phi) is 5.32. The first-order chi connectivity index (χ1) is 13.6. The van der Waals surface area contributed by atoms with E-state index in [1.807, 2.05) is 60.8 Å². The summed E-state index contributed by atoms with van der Waals surface area (Å²) in [4.78, 5) is 13.0. The Balaban J connectivity index is 1.52. The van der Waals surface area contributed by atoms with Crippen LogP contribution in [0.4, 0.5) is 0 Å². The molecule has 0 fully saturated rings. The second-order valence-electron chi connectivity index (χ2n) is 6.77. The summed E-state index contributed by atoms with van der Waals surface area (Å²) < 4.78 is 11.0. The molecular formula is C21H21ClN3O3+. The average Bonchev–Trinajstić information content (AvgIpc) is 3.47. The van der Waals surface area contributed by atoms with Crippen molar-refractivity contribution >= 4 is 23.2 Å². The molecule has 3 heterocycles. The number of amides is 1. The van der Waals surface area contributed by atoms with Crippen LogP contribution in [0.25, 0.3) is 0 Å². The van der Waals surface area contributed by atoms with Crippen LogP contribution < -0.4 is 5.32 Å². The van der Waals surface area contributed by atoms with E-state index in [0.29, 0.717) is 11.4 Å². The van der Waals surface area contributed by atoms with Crippen LogP contribution in [0.5, 0.6) is 0 Å². The Labute approximate surface area is 167 Å². The molecule has 7 heteroatoms. The summed E-state index contributed by atoms with van der Waals surface area (Å²) in [6.45, 7) is 2.26. The number of carbonyl (C=O) groups is 1. The van der Waals surface area contributed by atoms with Crippen LogP contribution in [0.3, 0.4) is 0 Å². The molecule has 0 radical (unpaired) electrons. The predicted octanol–water partition coefficient (Wildman–Crippen LogP) is 3.53. The third kappa shape index (κ3) is 3.88. The van der Waals surface area contributed by atoms with E-state index in [2.05, 4.69) is 5.10 Å². The molecule has 4 rings (SSSR count). The molecule has 144 valence electrons. The van der Waals surface area contributed by atoms with Crippen molar-refractivity contribution < 1.29 is 18.9 Å². The largest absolute Gasteiger partial charge is 0.467 e. The first-order valence-electron chi connectivity index (χ1n) is 9.17. The number of hydrogen-bond acceptors (Lipinski definition) is 4. The van der Waals surface area contributed by atoms with Gasteiger partial charge in [0.2, 0.25) is 0 Å². The lowest BCUT2D eigenvalue weighted by Gasteiger charge is -2.19. The molecule has 6 nitrogen and oxygen atoms in total. The fraction of sp³-hybridized carbons (Fsp3) is 0.238. The summed E-state index contributed by atoms with van der Waals surface area (Å²) in [5.41, 5.74) is 1.79. The van der Waals surface area contributed by atoms with E-state index in [-0.39, 0.29) is 24.5 Å². The van der Waals surface area contributed by atoms with Crippen molar-refractivity contribution in [2.45, 2.75) is 25.4 Å². The molecule has 0 spiro atoms. The average molecular weight is 399 g/mol. The van der Waals surface area contributed by atoms with Gasteiger partial charge in [0, 0.05) is 11.4 Å². The fourth-order valence-corrected chi connectivity index (χ4v) is 3.42. The highest BCUT2D eigenvalue weighted by molar-refractivity contribution is 6.30. The number of benzene rings is 1. The Bertz CT molecular complexity index is 949. The third-order valence-corrected chi connectivity index (χ3v) is 5.10. The predicted molar refractivity (Wildman–Crippen MR) is 105 cm³/mol. The SMILES string of the molecule is C[C@@H]([NH2+]CC(=O)N1N=C(c2ccc(Cl)cc2)C[C@H]1c1ccco1)c1ccco1. The summed E-state index contributed by atoms with van der Waals surface area (Å²) in [5.74, 6) is 1.48.